The lowest BCUT2D eigenvalue weighted by Crippen LogP contribution is -2.47. The van der Waals surface area contributed by atoms with Crippen LogP contribution in [0.2, 0.25) is 0 Å². The SMILES string of the molecule is CCC(CC)C(O)CNC(=O)N1CCC(C)CC1. The Morgan fingerprint density at radius 2 is 1.89 bits per heavy atom. The number of likely N-dealkylation sites (tertiary alicyclic amines) is 1. The molecule has 0 saturated carbocycles. The number of carbonyl (C=O) groups excluding carboxylic acids is 1. The van der Waals surface area contributed by atoms with Crippen LogP contribution in [0.5, 0.6) is 0 Å². The molecule has 2 N–H and O–H groups in total. The van der Waals surface area contributed by atoms with Crippen molar-refractivity contribution >= 4 is 6.03 Å². The number of urea groups is 1. The Labute approximate surface area is 111 Å². The molecule has 1 unspecified atom stereocenters. The zero-order valence-electron chi connectivity index (χ0n) is 12.0. The maximum Gasteiger partial charge on any atom is 0.317 e. The van der Waals surface area contributed by atoms with Crippen LogP contribution in [0.15, 0.2) is 0 Å². The Morgan fingerprint density at radius 3 is 2.39 bits per heavy atom. The van der Waals surface area contributed by atoms with Crippen LogP contribution in [0.25, 0.3) is 0 Å². The quantitative estimate of drug-likeness (QED) is 0.792. The van der Waals surface area contributed by atoms with Crippen molar-refractivity contribution in [3.63, 3.8) is 0 Å². The molecule has 0 aromatic heterocycles. The number of nitrogens with one attached hydrogen (secondary N) is 1. The minimum Gasteiger partial charge on any atom is -0.391 e. The predicted octanol–water partition coefficient (Wildman–Crippen LogP) is 2.22. The molecule has 1 rings (SSSR count). The van der Waals surface area contributed by atoms with Gasteiger partial charge in [0, 0.05) is 19.6 Å². The molecule has 1 atom stereocenters. The Kier molecular flexibility index (Phi) is 6.47. The summed E-state index contributed by atoms with van der Waals surface area (Å²) in [4.78, 5) is 13.8. The van der Waals surface area contributed by atoms with E-state index in [9.17, 15) is 9.90 Å². The van der Waals surface area contributed by atoms with Crippen molar-refractivity contribution in [2.75, 3.05) is 19.6 Å². The number of aliphatic hydroxyl groups is 1. The number of nitrogens with zero attached hydrogens (tertiary/aromatic N) is 1. The molecule has 2 amide bonds. The van der Waals surface area contributed by atoms with Gasteiger partial charge in [-0.1, -0.05) is 33.6 Å². The smallest absolute Gasteiger partial charge is 0.317 e. The van der Waals surface area contributed by atoms with Gasteiger partial charge in [0.05, 0.1) is 6.10 Å². The van der Waals surface area contributed by atoms with Crippen LogP contribution in [0.1, 0.15) is 46.5 Å². The fraction of sp³-hybridized carbons (Fsp3) is 0.929. The molecule has 106 valence electrons. The van der Waals surface area contributed by atoms with Crippen LogP contribution >= 0.6 is 0 Å². The van der Waals surface area contributed by atoms with Gasteiger partial charge in [0.15, 0.2) is 0 Å². The number of rotatable bonds is 5. The summed E-state index contributed by atoms with van der Waals surface area (Å²) in [6.45, 7) is 8.43. The molecule has 18 heavy (non-hydrogen) atoms. The molecule has 0 aliphatic carbocycles. The molecule has 1 aliphatic rings. The van der Waals surface area contributed by atoms with E-state index in [0.29, 0.717) is 6.54 Å². The molecule has 0 aromatic rings. The Morgan fingerprint density at radius 1 is 1.33 bits per heavy atom. The maximum atomic E-state index is 11.9. The number of hydrogen-bond donors (Lipinski definition) is 2. The van der Waals surface area contributed by atoms with Gasteiger partial charge >= 0.3 is 6.03 Å². The molecule has 1 fully saturated rings. The third-order valence-corrected chi connectivity index (χ3v) is 4.13. The third kappa shape index (κ3) is 4.48. The van der Waals surface area contributed by atoms with E-state index in [1.54, 1.807) is 0 Å². The molecule has 1 saturated heterocycles. The fourth-order valence-corrected chi connectivity index (χ4v) is 2.51. The highest BCUT2D eigenvalue weighted by Crippen LogP contribution is 2.16. The summed E-state index contributed by atoms with van der Waals surface area (Å²) in [5.74, 6) is 1.01. The second kappa shape index (κ2) is 7.62. The van der Waals surface area contributed by atoms with Gasteiger partial charge in [-0.05, 0) is 24.7 Å². The van der Waals surface area contributed by atoms with Gasteiger partial charge in [-0.2, -0.15) is 0 Å². The van der Waals surface area contributed by atoms with E-state index in [0.717, 1.165) is 44.7 Å². The highest BCUT2D eigenvalue weighted by atomic mass is 16.3. The first-order chi connectivity index (χ1) is 8.58. The van der Waals surface area contributed by atoms with Gasteiger partial charge in [0.1, 0.15) is 0 Å². The highest BCUT2D eigenvalue weighted by molar-refractivity contribution is 5.74. The van der Waals surface area contributed by atoms with Gasteiger partial charge in [0.25, 0.3) is 0 Å². The Bertz CT molecular complexity index is 246. The average Bonchev–Trinajstić information content (AvgIpc) is 2.38. The normalized spacial score (nSPS) is 19.1. The molecule has 1 aliphatic heterocycles. The number of aliphatic hydroxyl groups excluding tert-OH is 1. The topological polar surface area (TPSA) is 52.6 Å². The summed E-state index contributed by atoms with van der Waals surface area (Å²) in [7, 11) is 0. The first-order valence-electron chi connectivity index (χ1n) is 7.29. The Hall–Kier alpha value is -0.770. The van der Waals surface area contributed by atoms with E-state index in [1.165, 1.54) is 0 Å². The summed E-state index contributed by atoms with van der Waals surface area (Å²) in [5, 5.41) is 12.8. The minimum atomic E-state index is -0.423. The third-order valence-electron chi connectivity index (χ3n) is 4.13. The van der Waals surface area contributed by atoms with Crippen molar-refractivity contribution < 1.29 is 9.90 Å². The van der Waals surface area contributed by atoms with Crippen molar-refractivity contribution in [2.45, 2.75) is 52.6 Å². The molecule has 4 heteroatoms. The lowest BCUT2D eigenvalue weighted by Gasteiger charge is -2.31. The van der Waals surface area contributed by atoms with Crippen LogP contribution in [-0.2, 0) is 0 Å². The Balaban J connectivity index is 2.28. The summed E-state index contributed by atoms with van der Waals surface area (Å²) < 4.78 is 0. The molecule has 0 spiro atoms. The zero-order chi connectivity index (χ0) is 13.5. The van der Waals surface area contributed by atoms with Crippen LogP contribution in [0, 0.1) is 11.8 Å². The van der Waals surface area contributed by atoms with E-state index in [-0.39, 0.29) is 11.9 Å². The van der Waals surface area contributed by atoms with E-state index < -0.39 is 6.10 Å². The monoisotopic (exact) mass is 256 g/mol. The largest absolute Gasteiger partial charge is 0.391 e. The number of carbonyl (C=O) groups is 1. The number of amides is 2. The second-order valence-electron chi connectivity index (χ2n) is 5.50. The van der Waals surface area contributed by atoms with Crippen molar-refractivity contribution in [3.05, 3.63) is 0 Å². The molecule has 4 nitrogen and oxygen atoms in total. The van der Waals surface area contributed by atoms with E-state index in [4.69, 9.17) is 0 Å². The summed E-state index contributed by atoms with van der Waals surface area (Å²) >= 11 is 0. The molecular formula is C14H28N2O2. The van der Waals surface area contributed by atoms with E-state index >= 15 is 0 Å². The van der Waals surface area contributed by atoms with E-state index in [2.05, 4.69) is 26.1 Å². The van der Waals surface area contributed by atoms with Crippen LogP contribution in [0.4, 0.5) is 4.79 Å². The van der Waals surface area contributed by atoms with Gasteiger partial charge in [-0.25, -0.2) is 4.79 Å². The molecule has 0 bridgehead atoms. The molecule has 0 radical (unpaired) electrons. The predicted molar refractivity (Wildman–Crippen MR) is 73.4 cm³/mol. The number of piperidine rings is 1. The standard InChI is InChI=1S/C14H28N2O2/c1-4-12(5-2)13(17)10-15-14(18)16-8-6-11(3)7-9-16/h11-13,17H,4-10H2,1-3H3,(H,15,18). The molecular weight excluding hydrogens is 228 g/mol. The zero-order valence-corrected chi connectivity index (χ0v) is 12.0. The average molecular weight is 256 g/mol. The minimum absolute atomic E-state index is 0.0214. The van der Waals surface area contributed by atoms with Gasteiger partial charge in [0.2, 0.25) is 0 Å². The summed E-state index contributed by atoms with van der Waals surface area (Å²) in [6.07, 6.45) is 3.65. The first kappa shape index (κ1) is 15.3. The first-order valence-corrected chi connectivity index (χ1v) is 7.29. The lowest BCUT2D eigenvalue weighted by molar-refractivity contribution is 0.0989. The van der Waals surface area contributed by atoms with Crippen LogP contribution in [-0.4, -0.2) is 41.8 Å². The van der Waals surface area contributed by atoms with Crippen molar-refractivity contribution in [1.82, 2.24) is 10.2 Å². The molecule has 1 heterocycles. The maximum absolute atomic E-state index is 11.9. The summed E-state index contributed by atoms with van der Waals surface area (Å²) in [5.41, 5.74) is 0. The highest BCUT2D eigenvalue weighted by Gasteiger charge is 2.21. The lowest BCUT2D eigenvalue weighted by atomic mass is 9.96. The fourth-order valence-electron chi connectivity index (χ4n) is 2.51. The van der Waals surface area contributed by atoms with E-state index in [1.807, 2.05) is 4.90 Å². The van der Waals surface area contributed by atoms with Crippen LogP contribution in [0.3, 0.4) is 0 Å². The summed E-state index contributed by atoms with van der Waals surface area (Å²) in [6, 6.07) is -0.0214. The second-order valence-corrected chi connectivity index (χ2v) is 5.50. The van der Waals surface area contributed by atoms with Gasteiger partial charge in [-0.15, -0.1) is 0 Å². The van der Waals surface area contributed by atoms with Crippen LogP contribution < -0.4 is 5.32 Å². The molecule has 0 aromatic carbocycles. The van der Waals surface area contributed by atoms with Crippen molar-refractivity contribution in [3.8, 4) is 0 Å². The van der Waals surface area contributed by atoms with Gasteiger partial charge < -0.3 is 15.3 Å². The number of hydrogen-bond acceptors (Lipinski definition) is 2. The van der Waals surface area contributed by atoms with Gasteiger partial charge in [-0.3, -0.25) is 0 Å². The van der Waals surface area contributed by atoms with Crippen molar-refractivity contribution in [2.24, 2.45) is 11.8 Å². The van der Waals surface area contributed by atoms with Crippen molar-refractivity contribution in [1.29, 1.82) is 0 Å².